The summed E-state index contributed by atoms with van der Waals surface area (Å²) in [5.41, 5.74) is 1.88. The molecule has 0 bridgehead atoms. The number of benzene rings is 1. The molecule has 0 amide bonds. The monoisotopic (exact) mass is 247 g/mol. The maximum Gasteiger partial charge on any atom is 0.331 e. The highest BCUT2D eigenvalue weighted by atomic mass is 32.1. The number of fused-ring (bicyclic) bond motifs is 1. The molecule has 0 saturated heterocycles. The molecule has 1 aromatic carbocycles. The van der Waals surface area contributed by atoms with Gasteiger partial charge < -0.3 is 4.74 Å². The van der Waals surface area contributed by atoms with Crippen molar-refractivity contribution in [1.29, 1.82) is 0 Å². The second-order valence-corrected chi connectivity index (χ2v) is 5.02. The highest BCUT2D eigenvalue weighted by molar-refractivity contribution is 7.18. The number of para-hydroxylation sites is 1. The van der Waals surface area contributed by atoms with Gasteiger partial charge in [-0.1, -0.05) is 17.7 Å². The largest absolute Gasteiger partial charge is 0.455 e. The van der Waals surface area contributed by atoms with E-state index >= 15 is 0 Å². The molecule has 0 aliphatic heterocycles. The van der Waals surface area contributed by atoms with Crippen molar-refractivity contribution in [2.75, 3.05) is 0 Å². The minimum Gasteiger partial charge on any atom is -0.455 e. The summed E-state index contributed by atoms with van der Waals surface area (Å²) >= 11 is 1.55. The Morgan fingerprint density at radius 1 is 1.41 bits per heavy atom. The topological polar surface area (TPSA) is 39.2 Å². The number of ether oxygens (including phenoxy) is 1. The molecule has 2 aromatic rings. The standard InChI is InChI=1S/C13H13NO2S/c1-9(2)7-13(15)16-8-12-14-10-5-3-4-6-11(10)17-12/h3-7H,8H2,1-2H3. The van der Waals surface area contributed by atoms with E-state index in [4.69, 9.17) is 4.74 Å². The van der Waals surface area contributed by atoms with E-state index in [1.54, 1.807) is 11.3 Å². The van der Waals surface area contributed by atoms with Gasteiger partial charge in [-0.15, -0.1) is 11.3 Å². The molecule has 1 aromatic heterocycles. The van der Waals surface area contributed by atoms with Crippen LogP contribution >= 0.6 is 11.3 Å². The van der Waals surface area contributed by atoms with E-state index in [2.05, 4.69) is 4.98 Å². The Morgan fingerprint density at radius 3 is 2.88 bits per heavy atom. The van der Waals surface area contributed by atoms with Crippen molar-refractivity contribution in [3.63, 3.8) is 0 Å². The Balaban J connectivity index is 2.04. The van der Waals surface area contributed by atoms with Gasteiger partial charge in [0.25, 0.3) is 0 Å². The summed E-state index contributed by atoms with van der Waals surface area (Å²) < 4.78 is 6.21. The Morgan fingerprint density at radius 2 is 2.18 bits per heavy atom. The van der Waals surface area contributed by atoms with Crippen LogP contribution in [0.25, 0.3) is 10.2 Å². The maximum atomic E-state index is 11.3. The number of nitrogens with zero attached hydrogens (tertiary/aromatic N) is 1. The Kier molecular flexibility index (Phi) is 3.54. The average molecular weight is 247 g/mol. The summed E-state index contributed by atoms with van der Waals surface area (Å²) in [7, 11) is 0. The molecule has 3 nitrogen and oxygen atoms in total. The summed E-state index contributed by atoms with van der Waals surface area (Å²) in [6.45, 7) is 3.96. The van der Waals surface area contributed by atoms with Gasteiger partial charge in [0.2, 0.25) is 0 Å². The highest BCUT2D eigenvalue weighted by Crippen LogP contribution is 2.21. The van der Waals surface area contributed by atoms with E-state index in [0.717, 1.165) is 20.8 Å². The van der Waals surface area contributed by atoms with Crippen molar-refractivity contribution in [3.8, 4) is 0 Å². The van der Waals surface area contributed by atoms with Gasteiger partial charge in [-0.2, -0.15) is 0 Å². The molecule has 0 aliphatic carbocycles. The number of hydrogen-bond donors (Lipinski definition) is 0. The summed E-state index contributed by atoms with van der Waals surface area (Å²) in [4.78, 5) is 15.7. The fourth-order valence-electron chi connectivity index (χ4n) is 1.39. The molecular formula is C13H13NO2S. The second kappa shape index (κ2) is 5.10. The van der Waals surface area contributed by atoms with Crippen LogP contribution in [0.4, 0.5) is 0 Å². The molecule has 4 heteroatoms. The molecule has 0 radical (unpaired) electrons. The van der Waals surface area contributed by atoms with Crippen LogP contribution in [0.5, 0.6) is 0 Å². The van der Waals surface area contributed by atoms with Crippen molar-refractivity contribution >= 4 is 27.5 Å². The summed E-state index contributed by atoms with van der Waals surface area (Å²) in [6, 6.07) is 7.88. The maximum absolute atomic E-state index is 11.3. The number of carbonyl (C=O) groups is 1. The third kappa shape index (κ3) is 3.14. The molecule has 2 rings (SSSR count). The van der Waals surface area contributed by atoms with Crippen LogP contribution < -0.4 is 0 Å². The van der Waals surface area contributed by atoms with Crippen LogP contribution in [0.3, 0.4) is 0 Å². The van der Waals surface area contributed by atoms with Gasteiger partial charge >= 0.3 is 5.97 Å². The van der Waals surface area contributed by atoms with E-state index in [1.807, 2.05) is 38.1 Å². The number of esters is 1. The van der Waals surface area contributed by atoms with E-state index in [0.29, 0.717) is 0 Å². The van der Waals surface area contributed by atoms with Crippen LogP contribution in [0.1, 0.15) is 18.9 Å². The first kappa shape index (κ1) is 11.8. The van der Waals surface area contributed by atoms with E-state index in [-0.39, 0.29) is 12.6 Å². The predicted octanol–water partition coefficient (Wildman–Crippen LogP) is 3.31. The fraction of sp³-hybridized carbons (Fsp3) is 0.231. The number of hydrogen-bond acceptors (Lipinski definition) is 4. The first-order valence-electron chi connectivity index (χ1n) is 5.31. The van der Waals surface area contributed by atoms with E-state index in [1.165, 1.54) is 6.08 Å². The van der Waals surface area contributed by atoms with Crippen LogP contribution in [-0.2, 0) is 16.1 Å². The Labute approximate surface area is 104 Å². The second-order valence-electron chi connectivity index (χ2n) is 3.90. The molecule has 17 heavy (non-hydrogen) atoms. The summed E-state index contributed by atoms with van der Waals surface area (Å²) in [6.07, 6.45) is 1.48. The molecule has 1 heterocycles. The van der Waals surface area contributed by atoms with E-state index in [9.17, 15) is 4.79 Å². The lowest BCUT2D eigenvalue weighted by atomic mass is 10.3. The average Bonchev–Trinajstić information content (AvgIpc) is 2.68. The molecule has 0 N–H and O–H groups in total. The first-order valence-corrected chi connectivity index (χ1v) is 6.13. The first-order chi connectivity index (χ1) is 8.15. The molecule has 0 spiro atoms. The van der Waals surface area contributed by atoms with Gasteiger partial charge in [0, 0.05) is 6.08 Å². The lowest BCUT2D eigenvalue weighted by Gasteiger charge is -1.98. The normalized spacial score (nSPS) is 10.2. The number of allylic oxidation sites excluding steroid dienone is 1. The molecule has 88 valence electrons. The van der Waals surface area contributed by atoms with Gasteiger partial charge in [0.15, 0.2) is 0 Å². The van der Waals surface area contributed by atoms with Crippen molar-refractivity contribution in [2.45, 2.75) is 20.5 Å². The highest BCUT2D eigenvalue weighted by Gasteiger charge is 2.05. The number of rotatable bonds is 3. The van der Waals surface area contributed by atoms with Crippen LogP contribution in [0, 0.1) is 0 Å². The van der Waals surface area contributed by atoms with Crippen molar-refractivity contribution in [2.24, 2.45) is 0 Å². The number of aromatic nitrogens is 1. The zero-order valence-corrected chi connectivity index (χ0v) is 10.6. The van der Waals surface area contributed by atoms with E-state index < -0.39 is 0 Å². The van der Waals surface area contributed by atoms with Crippen LogP contribution in [0.2, 0.25) is 0 Å². The van der Waals surface area contributed by atoms with Crippen molar-refractivity contribution < 1.29 is 9.53 Å². The summed E-state index contributed by atoms with van der Waals surface area (Å²) in [5.74, 6) is -0.316. The van der Waals surface area contributed by atoms with Crippen molar-refractivity contribution in [1.82, 2.24) is 4.98 Å². The molecule has 0 saturated carbocycles. The molecular weight excluding hydrogens is 234 g/mol. The fourth-order valence-corrected chi connectivity index (χ4v) is 2.27. The molecule has 0 atom stereocenters. The quantitative estimate of drug-likeness (QED) is 0.617. The predicted molar refractivity (Wildman–Crippen MR) is 68.8 cm³/mol. The minimum atomic E-state index is -0.316. The minimum absolute atomic E-state index is 0.238. The van der Waals surface area contributed by atoms with Gasteiger partial charge in [0.05, 0.1) is 10.2 Å². The lowest BCUT2D eigenvalue weighted by molar-refractivity contribution is -0.139. The summed E-state index contributed by atoms with van der Waals surface area (Å²) in [5, 5.41) is 0.821. The molecule has 0 unspecified atom stereocenters. The third-order valence-corrected chi connectivity index (χ3v) is 3.09. The molecule has 0 aliphatic rings. The lowest BCUT2D eigenvalue weighted by Crippen LogP contribution is -2.00. The van der Waals surface area contributed by atoms with Gasteiger partial charge in [-0.25, -0.2) is 9.78 Å². The Hall–Kier alpha value is -1.68. The van der Waals surface area contributed by atoms with Gasteiger partial charge in [-0.3, -0.25) is 0 Å². The number of thiazole rings is 1. The van der Waals surface area contributed by atoms with Crippen LogP contribution in [-0.4, -0.2) is 11.0 Å². The van der Waals surface area contributed by atoms with Gasteiger partial charge in [0.1, 0.15) is 11.6 Å². The molecule has 0 fully saturated rings. The van der Waals surface area contributed by atoms with Crippen LogP contribution in [0.15, 0.2) is 35.9 Å². The zero-order valence-electron chi connectivity index (χ0n) is 9.77. The SMILES string of the molecule is CC(C)=CC(=O)OCc1nc2ccccc2s1. The Bertz CT molecular complexity index is 535. The smallest absolute Gasteiger partial charge is 0.331 e. The zero-order chi connectivity index (χ0) is 12.3. The third-order valence-electron chi connectivity index (χ3n) is 2.08. The van der Waals surface area contributed by atoms with Crippen molar-refractivity contribution in [3.05, 3.63) is 40.9 Å². The van der Waals surface area contributed by atoms with Gasteiger partial charge in [-0.05, 0) is 26.0 Å². The number of carbonyl (C=O) groups excluding carboxylic acids is 1.